The minimum Gasteiger partial charge on any atom is -0.485 e. The van der Waals surface area contributed by atoms with Gasteiger partial charge >= 0.3 is 8.56 Å². The second kappa shape index (κ2) is 5.18. The van der Waals surface area contributed by atoms with E-state index in [4.69, 9.17) is 13.6 Å². The van der Waals surface area contributed by atoms with Crippen molar-refractivity contribution in [2.24, 2.45) is 5.41 Å². The second-order valence-electron chi connectivity index (χ2n) is 5.04. The molecule has 1 aliphatic heterocycles. The van der Waals surface area contributed by atoms with Crippen LogP contribution in [0.4, 0.5) is 0 Å². The average Bonchev–Trinajstić information content (AvgIpc) is 2.13. The molecule has 0 aromatic rings. The minimum atomic E-state index is -2.68. The van der Waals surface area contributed by atoms with Gasteiger partial charge < -0.3 is 13.6 Å². The fraction of sp³-hybridized carbons (Fsp3) is 0.818. The van der Waals surface area contributed by atoms with E-state index in [9.17, 15) is 9.59 Å². The van der Waals surface area contributed by atoms with Gasteiger partial charge in [0.1, 0.15) is 0 Å². The molecule has 1 aliphatic rings. The Bertz CT molecular complexity index is 313. The molecule has 1 unspecified atom stereocenters. The first-order valence-corrected chi connectivity index (χ1v) is 8.30. The molecule has 0 spiro atoms. The third kappa shape index (κ3) is 4.12. The molecule has 1 rings (SSSR count). The van der Waals surface area contributed by atoms with E-state index < -0.39 is 14.5 Å². The largest absolute Gasteiger partial charge is 0.485 e. The maximum atomic E-state index is 11.8. The summed E-state index contributed by atoms with van der Waals surface area (Å²) in [6.07, 6.45) is 0.316. The zero-order valence-electron chi connectivity index (χ0n) is 10.9. The highest BCUT2D eigenvalue weighted by molar-refractivity contribution is 6.68. The van der Waals surface area contributed by atoms with E-state index in [1.54, 1.807) is 6.55 Å². The Morgan fingerprint density at radius 3 is 2.29 bits per heavy atom. The SMILES string of the molecule is CC[Si](C)(OC(C)=O)OC(=O)CC1(C)COC1. The lowest BCUT2D eigenvalue weighted by molar-refractivity contribution is -0.153. The lowest BCUT2D eigenvalue weighted by Gasteiger charge is -2.37. The van der Waals surface area contributed by atoms with Crippen LogP contribution in [0.2, 0.25) is 12.6 Å². The first-order chi connectivity index (χ1) is 7.79. The Morgan fingerprint density at radius 2 is 1.94 bits per heavy atom. The number of hydrogen-bond donors (Lipinski definition) is 0. The Hall–Kier alpha value is -0.883. The Labute approximate surface area is 103 Å². The summed E-state index contributed by atoms with van der Waals surface area (Å²) in [5, 5.41) is 0. The topological polar surface area (TPSA) is 61.8 Å². The molecule has 0 bridgehead atoms. The van der Waals surface area contributed by atoms with Crippen LogP contribution in [0, 0.1) is 5.41 Å². The molecule has 6 heteroatoms. The van der Waals surface area contributed by atoms with Gasteiger partial charge in [0.25, 0.3) is 11.9 Å². The van der Waals surface area contributed by atoms with E-state index in [-0.39, 0.29) is 11.4 Å². The molecule has 0 aromatic carbocycles. The van der Waals surface area contributed by atoms with Gasteiger partial charge in [-0.25, -0.2) is 0 Å². The van der Waals surface area contributed by atoms with E-state index in [0.717, 1.165) is 0 Å². The number of hydrogen-bond acceptors (Lipinski definition) is 5. The number of carbonyl (C=O) groups excluding carboxylic acids is 2. The fourth-order valence-corrected chi connectivity index (χ4v) is 3.14. The zero-order valence-corrected chi connectivity index (χ0v) is 11.9. The van der Waals surface area contributed by atoms with Crippen LogP contribution in [0.1, 0.15) is 27.2 Å². The van der Waals surface area contributed by atoms with Gasteiger partial charge in [0, 0.05) is 24.9 Å². The highest BCUT2D eigenvalue weighted by Gasteiger charge is 2.41. The Morgan fingerprint density at radius 1 is 1.35 bits per heavy atom. The molecule has 0 saturated carbocycles. The molecule has 0 radical (unpaired) electrons. The summed E-state index contributed by atoms with van der Waals surface area (Å²) in [5.74, 6) is -0.694. The molecule has 98 valence electrons. The summed E-state index contributed by atoms with van der Waals surface area (Å²) >= 11 is 0. The maximum Gasteiger partial charge on any atom is 0.460 e. The van der Waals surface area contributed by atoms with E-state index in [1.807, 2.05) is 13.8 Å². The van der Waals surface area contributed by atoms with Gasteiger partial charge in [-0.1, -0.05) is 13.8 Å². The molecular weight excluding hydrogens is 240 g/mol. The van der Waals surface area contributed by atoms with Crippen molar-refractivity contribution in [1.29, 1.82) is 0 Å². The molecule has 0 N–H and O–H groups in total. The van der Waals surface area contributed by atoms with Gasteiger partial charge in [0.15, 0.2) is 0 Å². The van der Waals surface area contributed by atoms with Crippen LogP contribution in [0.25, 0.3) is 0 Å². The second-order valence-corrected chi connectivity index (χ2v) is 8.42. The van der Waals surface area contributed by atoms with E-state index in [1.165, 1.54) is 6.92 Å². The van der Waals surface area contributed by atoms with Crippen molar-refractivity contribution in [2.45, 2.75) is 39.8 Å². The first-order valence-electron chi connectivity index (χ1n) is 5.78. The predicted molar refractivity (Wildman–Crippen MR) is 63.5 cm³/mol. The van der Waals surface area contributed by atoms with Crippen molar-refractivity contribution in [3.05, 3.63) is 0 Å². The average molecular weight is 260 g/mol. The number of carbonyl (C=O) groups is 2. The zero-order chi connectivity index (χ0) is 13.1. The molecule has 0 amide bonds. The van der Waals surface area contributed by atoms with Crippen molar-refractivity contribution < 1.29 is 23.2 Å². The molecule has 17 heavy (non-hydrogen) atoms. The van der Waals surface area contributed by atoms with Crippen molar-refractivity contribution in [3.63, 3.8) is 0 Å². The third-order valence-corrected chi connectivity index (χ3v) is 5.47. The standard InChI is InChI=1S/C11H20O5Si/c1-5-17(4,15-9(2)12)16-10(13)6-11(3)7-14-8-11/h5-8H2,1-4H3. The molecule has 1 saturated heterocycles. The molecule has 1 atom stereocenters. The van der Waals surface area contributed by atoms with Crippen molar-refractivity contribution >= 4 is 20.5 Å². The molecule has 0 aromatic heterocycles. The summed E-state index contributed by atoms with van der Waals surface area (Å²) in [6, 6.07) is 0.561. The molecule has 5 nitrogen and oxygen atoms in total. The smallest absolute Gasteiger partial charge is 0.460 e. The Balaban J connectivity index is 2.49. The van der Waals surface area contributed by atoms with Crippen LogP contribution in [0.3, 0.4) is 0 Å². The van der Waals surface area contributed by atoms with Gasteiger partial charge in [-0.3, -0.25) is 9.59 Å². The van der Waals surface area contributed by atoms with E-state index in [2.05, 4.69) is 0 Å². The Kier molecular flexibility index (Phi) is 4.32. The van der Waals surface area contributed by atoms with Crippen LogP contribution in [-0.2, 0) is 23.2 Å². The molecular formula is C11H20O5Si. The molecule has 1 fully saturated rings. The fourth-order valence-electron chi connectivity index (χ4n) is 1.65. The first kappa shape index (κ1) is 14.2. The highest BCUT2D eigenvalue weighted by atomic mass is 28.4. The van der Waals surface area contributed by atoms with Gasteiger partial charge in [-0.2, -0.15) is 0 Å². The van der Waals surface area contributed by atoms with Crippen molar-refractivity contribution in [1.82, 2.24) is 0 Å². The maximum absolute atomic E-state index is 11.8. The lowest BCUT2D eigenvalue weighted by Crippen LogP contribution is -2.46. The minimum absolute atomic E-state index is 0.115. The van der Waals surface area contributed by atoms with Gasteiger partial charge in [0.05, 0.1) is 19.6 Å². The lowest BCUT2D eigenvalue weighted by atomic mass is 9.85. The predicted octanol–water partition coefficient (Wildman–Crippen LogP) is 1.61. The van der Waals surface area contributed by atoms with E-state index >= 15 is 0 Å². The molecule has 1 heterocycles. The quantitative estimate of drug-likeness (QED) is 0.703. The molecule has 0 aliphatic carbocycles. The number of rotatable bonds is 5. The van der Waals surface area contributed by atoms with Crippen molar-refractivity contribution in [3.8, 4) is 0 Å². The summed E-state index contributed by atoms with van der Waals surface area (Å²) in [7, 11) is -2.68. The van der Waals surface area contributed by atoms with Gasteiger partial charge in [0.2, 0.25) is 0 Å². The van der Waals surface area contributed by atoms with Crippen LogP contribution in [0.15, 0.2) is 0 Å². The normalized spacial score (nSPS) is 20.9. The van der Waals surface area contributed by atoms with Gasteiger partial charge in [-0.05, 0) is 0 Å². The number of ether oxygens (including phenoxy) is 1. The van der Waals surface area contributed by atoms with Crippen LogP contribution >= 0.6 is 0 Å². The summed E-state index contributed by atoms with van der Waals surface area (Å²) < 4.78 is 15.6. The monoisotopic (exact) mass is 260 g/mol. The summed E-state index contributed by atoms with van der Waals surface area (Å²) in [4.78, 5) is 22.7. The van der Waals surface area contributed by atoms with Crippen molar-refractivity contribution in [2.75, 3.05) is 13.2 Å². The van der Waals surface area contributed by atoms with E-state index in [0.29, 0.717) is 25.7 Å². The summed E-state index contributed by atoms with van der Waals surface area (Å²) in [6.45, 7) is 8.06. The van der Waals surface area contributed by atoms with Gasteiger partial charge in [-0.15, -0.1) is 0 Å². The third-order valence-electron chi connectivity index (χ3n) is 2.80. The van der Waals surface area contributed by atoms with Crippen LogP contribution < -0.4 is 0 Å². The summed E-state index contributed by atoms with van der Waals surface area (Å²) in [5.41, 5.74) is -0.115. The van der Waals surface area contributed by atoms with Crippen LogP contribution in [0.5, 0.6) is 0 Å². The van der Waals surface area contributed by atoms with Crippen LogP contribution in [-0.4, -0.2) is 33.7 Å². The highest BCUT2D eigenvalue weighted by Crippen LogP contribution is 2.31.